The fourth-order valence-corrected chi connectivity index (χ4v) is 2.83. The van der Waals surface area contributed by atoms with E-state index in [-0.39, 0.29) is 17.9 Å². The Hall–Kier alpha value is -2.32. The van der Waals surface area contributed by atoms with Crippen LogP contribution in [0.2, 0.25) is 0 Å². The smallest absolute Gasteiger partial charge is 0.404 e. The van der Waals surface area contributed by atoms with Gasteiger partial charge in [0.25, 0.3) is 5.69 Å². The van der Waals surface area contributed by atoms with E-state index in [1.165, 1.54) is 26.4 Å². The summed E-state index contributed by atoms with van der Waals surface area (Å²) in [5.74, 6) is 0.567. The van der Waals surface area contributed by atoms with Crippen molar-refractivity contribution in [3.8, 4) is 11.5 Å². The topological polar surface area (TPSA) is 87.9 Å². The molecule has 138 valence electrons. The Bertz CT molecular complexity index is 812. The Morgan fingerprint density at radius 1 is 1.19 bits per heavy atom. The average Bonchev–Trinajstić information content (AvgIpc) is 2.60. The normalized spacial score (nSPS) is 11.5. The van der Waals surface area contributed by atoms with Crippen LogP contribution in [0.5, 0.6) is 11.5 Å². The molecule has 0 heterocycles. The van der Waals surface area contributed by atoms with Crippen LogP contribution < -0.4 is 9.47 Å². The van der Waals surface area contributed by atoms with Crippen molar-refractivity contribution >= 4 is 38.6 Å². The number of nitro groups is 1. The molecule has 1 unspecified atom stereocenters. The number of rotatable bonds is 7. The van der Waals surface area contributed by atoms with Crippen LogP contribution in [0.1, 0.15) is 17.2 Å². The van der Waals surface area contributed by atoms with Gasteiger partial charge in [0.15, 0.2) is 11.5 Å². The first-order valence-electron chi connectivity index (χ1n) is 7.36. The van der Waals surface area contributed by atoms with Crippen LogP contribution in [-0.2, 0) is 11.2 Å². The van der Waals surface area contributed by atoms with Gasteiger partial charge in [0.2, 0.25) is 0 Å². The number of methoxy groups -OCH3 is 2. The van der Waals surface area contributed by atoms with Gasteiger partial charge in [0.1, 0.15) is 6.10 Å². The molecule has 0 fully saturated rings. The van der Waals surface area contributed by atoms with Crippen molar-refractivity contribution in [2.45, 2.75) is 12.5 Å². The van der Waals surface area contributed by atoms with Crippen LogP contribution in [0.15, 0.2) is 40.9 Å². The quantitative estimate of drug-likeness (QED) is 0.338. The summed E-state index contributed by atoms with van der Waals surface area (Å²) in [6, 6.07) is 9.78. The third-order valence-electron chi connectivity index (χ3n) is 3.66. The second kappa shape index (κ2) is 8.86. The lowest BCUT2D eigenvalue weighted by Gasteiger charge is -2.18. The van der Waals surface area contributed by atoms with E-state index in [4.69, 9.17) is 25.8 Å². The second-order valence-corrected chi connectivity index (χ2v) is 6.42. The van der Waals surface area contributed by atoms with E-state index in [1.54, 1.807) is 24.3 Å². The molecule has 0 aliphatic heterocycles. The highest BCUT2D eigenvalue weighted by Crippen LogP contribution is 2.37. The zero-order chi connectivity index (χ0) is 19.3. The Morgan fingerprint density at radius 3 is 2.27 bits per heavy atom. The molecule has 2 rings (SSSR count). The summed E-state index contributed by atoms with van der Waals surface area (Å²) < 4.78 is 16.3. The maximum absolute atomic E-state index is 11.4. The van der Waals surface area contributed by atoms with Crippen LogP contribution in [-0.4, -0.2) is 24.6 Å². The van der Waals surface area contributed by atoms with E-state index in [9.17, 15) is 14.9 Å². The molecular weight excluding hydrogens is 430 g/mol. The molecule has 0 radical (unpaired) electrons. The minimum atomic E-state index is -0.999. The predicted octanol–water partition coefficient (Wildman–Crippen LogP) is 5.03. The van der Waals surface area contributed by atoms with Crippen LogP contribution >= 0.6 is 27.5 Å². The number of benzene rings is 2. The largest absolute Gasteiger partial charge is 0.493 e. The Labute approximate surface area is 163 Å². The molecule has 0 aromatic heterocycles. The van der Waals surface area contributed by atoms with E-state index in [0.29, 0.717) is 16.9 Å². The van der Waals surface area contributed by atoms with Gasteiger partial charge in [-0.15, -0.1) is 0 Å². The van der Waals surface area contributed by atoms with Crippen molar-refractivity contribution in [3.63, 3.8) is 0 Å². The van der Waals surface area contributed by atoms with Gasteiger partial charge in [0.05, 0.1) is 25.2 Å². The lowest BCUT2D eigenvalue weighted by molar-refractivity contribution is -0.385. The van der Waals surface area contributed by atoms with Crippen molar-refractivity contribution in [1.82, 2.24) is 0 Å². The third kappa shape index (κ3) is 4.86. The van der Waals surface area contributed by atoms with Crippen LogP contribution in [0.25, 0.3) is 0 Å². The molecule has 2 aromatic rings. The lowest BCUT2D eigenvalue weighted by Crippen LogP contribution is -2.11. The zero-order valence-corrected chi connectivity index (χ0v) is 16.2. The first-order chi connectivity index (χ1) is 12.3. The third-order valence-corrected chi connectivity index (χ3v) is 4.28. The molecule has 7 nitrogen and oxygen atoms in total. The summed E-state index contributed by atoms with van der Waals surface area (Å²) in [6.45, 7) is 0. The molecule has 0 spiro atoms. The number of carbonyl (C=O) groups excluding carboxylic acids is 1. The molecule has 0 saturated heterocycles. The van der Waals surface area contributed by atoms with E-state index < -0.39 is 16.5 Å². The van der Waals surface area contributed by atoms with Gasteiger partial charge in [-0.05, 0) is 23.8 Å². The molecule has 0 amide bonds. The van der Waals surface area contributed by atoms with Crippen molar-refractivity contribution in [2.24, 2.45) is 0 Å². The minimum absolute atomic E-state index is 0.0385. The van der Waals surface area contributed by atoms with Gasteiger partial charge < -0.3 is 14.2 Å². The summed E-state index contributed by atoms with van der Waals surface area (Å²) >= 11 is 8.70. The maximum Gasteiger partial charge on any atom is 0.404 e. The van der Waals surface area contributed by atoms with Crippen molar-refractivity contribution in [3.05, 3.63) is 62.1 Å². The summed E-state index contributed by atoms with van der Waals surface area (Å²) in [5, 5.41) is 11.4. The van der Waals surface area contributed by atoms with Crippen molar-refractivity contribution < 1.29 is 23.9 Å². The van der Waals surface area contributed by atoms with Crippen LogP contribution in [0.3, 0.4) is 0 Å². The molecule has 2 aromatic carbocycles. The number of ether oxygens (including phenoxy) is 3. The molecule has 0 bridgehead atoms. The molecule has 9 heteroatoms. The molecular formula is C17H15BrClNO6. The number of nitrogens with zero attached hydrogens (tertiary/aromatic N) is 1. The number of hydrogen-bond acceptors (Lipinski definition) is 6. The second-order valence-electron chi connectivity index (χ2n) is 5.19. The Morgan fingerprint density at radius 2 is 1.77 bits per heavy atom. The fraction of sp³-hybridized carbons (Fsp3) is 0.235. The molecule has 0 saturated carbocycles. The molecule has 0 aliphatic rings. The standard InChI is InChI=1S/C17H15BrClNO6/c1-24-15-8-11(13(20(22)23)9-16(15)25-2)7-14(26-17(19)21)10-3-5-12(18)6-4-10/h3-6,8-9,14H,7H2,1-2H3. The summed E-state index contributed by atoms with van der Waals surface area (Å²) in [5.41, 5.74) is -0.207. The van der Waals surface area contributed by atoms with Gasteiger partial charge in [0, 0.05) is 28.1 Å². The average molecular weight is 445 g/mol. The van der Waals surface area contributed by atoms with Gasteiger partial charge in [-0.3, -0.25) is 10.1 Å². The number of hydrogen-bond donors (Lipinski definition) is 0. The van der Waals surface area contributed by atoms with Gasteiger partial charge >= 0.3 is 5.43 Å². The number of halogens is 2. The maximum atomic E-state index is 11.4. The fourth-order valence-electron chi connectivity index (χ4n) is 2.46. The van der Waals surface area contributed by atoms with Gasteiger partial charge in [-0.25, -0.2) is 4.79 Å². The lowest BCUT2D eigenvalue weighted by atomic mass is 9.99. The van der Waals surface area contributed by atoms with E-state index in [1.807, 2.05) is 0 Å². The first-order valence-corrected chi connectivity index (χ1v) is 8.53. The Balaban J connectivity index is 2.47. The highest BCUT2D eigenvalue weighted by molar-refractivity contribution is 9.10. The molecule has 0 aliphatic carbocycles. The highest BCUT2D eigenvalue weighted by atomic mass is 79.9. The summed E-state index contributed by atoms with van der Waals surface area (Å²) in [6.07, 6.45) is -0.763. The van der Waals surface area contributed by atoms with Crippen LogP contribution in [0.4, 0.5) is 10.5 Å². The minimum Gasteiger partial charge on any atom is -0.493 e. The molecule has 26 heavy (non-hydrogen) atoms. The number of carbonyl (C=O) groups is 1. The van der Waals surface area contributed by atoms with E-state index >= 15 is 0 Å². The van der Waals surface area contributed by atoms with E-state index in [0.717, 1.165) is 4.47 Å². The van der Waals surface area contributed by atoms with Crippen LogP contribution in [0, 0.1) is 10.1 Å². The van der Waals surface area contributed by atoms with Gasteiger partial charge in [-0.2, -0.15) is 0 Å². The Kier molecular flexibility index (Phi) is 6.82. The first kappa shape index (κ1) is 20.0. The monoisotopic (exact) mass is 443 g/mol. The highest BCUT2D eigenvalue weighted by Gasteiger charge is 2.25. The summed E-state index contributed by atoms with van der Waals surface area (Å²) in [7, 11) is 2.82. The zero-order valence-electron chi connectivity index (χ0n) is 13.9. The predicted molar refractivity (Wildman–Crippen MR) is 99.1 cm³/mol. The van der Waals surface area contributed by atoms with Crippen molar-refractivity contribution in [2.75, 3.05) is 14.2 Å². The van der Waals surface area contributed by atoms with Gasteiger partial charge in [-0.1, -0.05) is 28.1 Å². The van der Waals surface area contributed by atoms with E-state index in [2.05, 4.69) is 15.9 Å². The SMILES string of the molecule is COc1cc(CC(OC(=O)Cl)c2ccc(Br)cc2)c([N+](=O)[O-])cc1OC. The van der Waals surface area contributed by atoms with Crippen molar-refractivity contribution in [1.29, 1.82) is 0 Å². The molecule has 0 N–H and O–H groups in total. The number of nitro benzene ring substituents is 1. The summed E-state index contributed by atoms with van der Waals surface area (Å²) in [4.78, 5) is 22.2. The molecule has 1 atom stereocenters.